The van der Waals surface area contributed by atoms with Crippen molar-refractivity contribution in [2.75, 3.05) is 13.1 Å². The van der Waals surface area contributed by atoms with Crippen molar-refractivity contribution in [2.24, 2.45) is 5.73 Å². The minimum atomic E-state index is 0.442. The molecule has 0 aliphatic carbocycles. The minimum absolute atomic E-state index is 0.442. The number of hydrogen-bond donors (Lipinski definition) is 3. The van der Waals surface area contributed by atoms with Gasteiger partial charge in [0.15, 0.2) is 0 Å². The van der Waals surface area contributed by atoms with E-state index >= 15 is 0 Å². The van der Waals surface area contributed by atoms with Crippen molar-refractivity contribution in [2.45, 2.75) is 38.1 Å². The van der Waals surface area contributed by atoms with Crippen LogP contribution in [0.25, 0.3) is 0 Å². The summed E-state index contributed by atoms with van der Waals surface area (Å²) in [5.74, 6) is 0.753. The number of nitrogens with one attached hydrogen (secondary N) is 2. The predicted octanol–water partition coefficient (Wildman–Crippen LogP) is 4.50. The van der Waals surface area contributed by atoms with E-state index in [0.717, 1.165) is 47.3 Å². The lowest BCUT2D eigenvalue weighted by Crippen LogP contribution is -2.40. The van der Waals surface area contributed by atoms with E-state index in [1.54, 1.807) is 0 Å². The van der Waals surface area contributed by atoms with Gasteiger partial charge in [-0.15, -0.1) is 0 Å². The summed E-state index contributed by atoms with van der Waals surface area (Å²) in [6.07, 6.45) is 2.31. The summed E-state index contributed by atoms with van der Waals surface area (Å²) in [7, 11) is 0. The Bertz CT molecular complexity index is 775. The summed E-state index contributed by atoms with van der Waals surface area (Å²) in [4.78, 5) is 0. The molecule has 1 aliphatic heterocycles. The second-order valence-corrected chi connectivity index (χ2v) is 8.55. The molecule has 1 fully saturated rings. The average Bonchev–Trinajstić information content (AvgIpc) is 3.09. The van der Waals surface area contributed by atoms with Crippen molar-refractivity contribution in [1.29, 1.82) is 0 Å². The van der Waals surface area contributed by atoms with Crippen molar-refractivity contribution in [1.82, 2.24) is 10.6 Å². The summed E-state index contributed by atoms with van der Waals surface area (Å²) in [6.45, 7) is 2.80. The maximum atomic E-state index is 6.27. The monoisotopic (exact) mass is 471 g/mol. The molecule has 2 unspecified atom stereocenters. The molecule has 2 aromatic carbocycles. The van der Waals surface area contributed by atoms with Gasteiger partial charge < -0.3 is 21.1 Å². The van der Waals surface area contributed by atoms with E-state index in [1.165, 1.54) is 0 Å². The zero-order valence-electron chi connectivity index (χ0n) is 15.0. The molecule has 27 heavy (non-hydrogen) atoms. The van der Waals surface area contributed by atoms with E-state index < -0.39 is 0 Å². The molecule has 0 spiro atoms. The Morgan fingerprint density at radius 3 is 2.67 bits per heavy atom. The minimum Gasteiger partial charge on any atom is -0.489 e. The smallest absolute Gasteiger partial charge is 0.121 e. The summed E-state index contributed by atoms with van der Waals surface area (Å²) >= 11 is 15.8. The Hall–Kier alpha value is -0.820. The first kappa shape index (κ1) is 20.9. The van der Waals surface area contributed by atoms with E-state index in [1.807, 2.05) is 36.4 Å². The molecule has 1 heterocycles. The molecule has 0 saturated carbocycles. The van der Waals surface area contributed by atoms with Gasteiger partial charge in [-0.05, 0) is 48.7 Å². The van der Waals surface area contributed by atoms with E-state index in [0.29, 0.717) is 35.3 Å². The van der Waals surface area contributed by atoms with E-state index in [9.17, 15) is 0 Å². The SMILES string of the molecule is NCC1CCC(CNCc2cc(Cl)cc(OCc3ccc(Cl)cc3Br)c2)N1. The van der Waals surface area contributed by atoms with Crippen molar-refractivity contribution >= 4 is 39.1 Å². The second-order valence-electron chi connectivity index (χ2n) is 6.82. The van der Waals surface area contributed by atoms with Crippen LogP contribution >= 0.6 is 39.1 Å². The van der Waals surface area contributed by atoms with Gasteiger partial charge in [0.1, 0.15) is 12.4 Å². The van der Waals surface area contributed by atoms with Crippen LogP contribution in [0.1, 0.15) is 24.0 Å². The van der Waals surface area contributed by atoms with Crippen LogP contribution in [0.3, 0.4) is 0 Å². The molecule has 3 rings (SSSR count). The first-order valence-corrected chi connectivity index (χ1v) is 10.6. The highest BCUT2D eigenvalue weighted by Gasteiger charge is 2.21. The molecule has 1 saturated heterocycles. The highest BCUT2D eigenvalue weighted by Crippen LogP contribution is 2.25. The van der Waals surface area contributed by atoms with Crippen LogP contribution in [-0.4, -0.2) is 25.2 Å². The molecule has 4 N–H and O–H groups in total. The van der Waals surface area contributed by atoms with Crippen LogP contribution in [-0.2, 0) is 13.2 Å². The molecular weight excluding hydrogens is 449 g/mol. The number of halogens is 3. The highest BCUT2D eigenvalue weighted by atomic mass is 79.9. The Labute approximate surface area is 178 Å². The second kappa shape index (κ2) is 10.1. The fraction of sp³-hybridized carbons (Fsp3) is 0.400. The lowest BCUT2D eigenvalue weighted by molar-refractivity contribution is 0.305. The third kappa shape index (κ3) is 6.34. The van der Waals surface area contributed by atoms with Gasteiger partial charge in [0, 0.05) is 51.8 Å². The molecule has 0 radical (unpaired) electrons. The van der Waals surface area contributed by atoms with Gasteiger partial charge >= 0.3 is 0 Å². The zero-order chi connectivity index (χ0) is 19.2. The molecule has 146 valence electrons. The van der Waals surface area contributed by atoms with Crippen molar-refractivity contribution in [3.05, 3.63) is 62.0 Å². The number of hydrogen-bond acceptors (Lipinski definition) is 4. The quantitative estimate of drug-likeness (QED) is 0.529. The van der Waals surface area contributed by atoms with Gasteiger partial charge in [0.2, 0.25) is 0 Å². The molecule has 2 aromatic rings. The fourth-order valence-electron chi connectivity index (χ4n) is 3.25. The number of benzene rings is 2. The molecule has 0 bridgehead atoms. The molecule has 0 aromatic heterocycles. The number of ether oxygens (including phenoxy) is 1. The Kier molecular flexibility index (Phi) is 7.82. The number of rotatable bonds is 8. The van der Waals surface area contributed by atoms with Crippen LogP contribution in [0, 0.1) is 0 Å². The van der Waals surface area contributed by atoms with Gasteiger partial charge in [-0.1, -0.05) is 45.2 Å². The lowest BCUT2D eigenvalue weighted by atomic mass is 10.2. The topological polar surface area (TPSA) is 59.3 Å². The Balaban J connectivity index is 1.52. The van der Waals surface area contributed by atoms with Crippen LogP contribution in [0.15, 0.2) is 40.9 Å². The molecule has 4 nitrogen and oxygen atoms in total. The molecule has 2 atom stereocenters. The normalized spacial score (nSPS) is 19.4. The Morgan fingerprint density at radius 1 is 1.11 bits per heavy atom. The lowest BCUT2D eigenvalue weighted by Gasteiger charge is -2.15. The summed E-state index contributed by atoms with van der Waals surface area (Å²) in [5.41, 5.74) is 7.84. The van der Waals surface area contributed by atoms with Gasteiger partial charge in [-0.3, -0.25) is 0 Å². The molecule has 1 aliphatic rings. The van der Waals surface area contributed by atoms with Crippen molar-refractivity contribution in [3.63, 3.8) is 0 Å². The van der Waals surface area contributed by atoms with Crippen LogP contribution in [0.2, 0.25) is 10.0 Å². The van der Waals surface area contributed by atoms with Gasteiger partial charge in [-0.25, -0.2) is 0 Å². The van der Waals surface area contributed by atoms with Crippen LogP contribution in [0.5, 0.6) is 5.75 Å². The maximum absolute atomic E-state index is 6.27. The third-order valence-corrected chi connectivity index (χ3v) is 5.87. The first-order chi connectivity index (χ1) is 13.0. The fourth-order valence-corrected chi connectivity index (χ4v) is 4.29. The van der Waals surface area contributed by atoms with Gasteiger partial charge in [-0.2, -0.15) is 0 Å². The van der Waals surface area contributed by atoms with Crippen LogP contribution < -0.4 is 21.1 Å². The Morgan fingerprint density at radius 2 is 1.93 bits per heavy atom. The summed E-state index contributed by atoms with van der Waals surface area (Å²) in [5, 5.41) is 8.40. The number of nitrogens with two attached hydrogens (primary N) is 1. The van der Waals surface area contributed by atoms with Gasteiger partial charge in [0.25, 0.3) is 0 Å². The van der Waals surface area contributed by atoms with Crippen LogP contribution in [0.4, 0.5) is 0 Å². The van der Waals surface area contributed by atoms with Crippen molar-refractivity contribution in [3.8, 4) is 5.75 Å². The van der Waals surface area contributed by atoms with Gasteiger partial charge in [0.05, 0.1) is 0 Å². The third-order valence-electron chi connectivity index (χ3n) is 4.68. The molecular formula is C20H24BrCl2N3O. The van der Waals surface area contributed by atoms with E-state index in [-0.39, 0.29) is 0 Å². The molecule has 7 heteroatoms. The molecule has 0 amide bonds. The predicted molar refractivity (Wildman–Crippen MR) is 116 cm³/mol. The highest BCUT2D eigenvalue weighted by molar-refractivity contribution is 9.10. The summed E-state index contributed by atoms with van der Waals surface area (Å²) < 4.78 is 6.86. The standard InChI is InChI=1S/C20H24BrCl2N3O/c21-20-8-15(22)2-1-14(20)12-27-19-6-13(5-16(23)7-19)10-25-11-18-4-3-17(9-24)26-18/h1-2,5-8,17-18,25-26H,3-4,9-12,24H2. The van der Waals surface area contributed by atoms with Crippen molar-refractivity contribution < 1.29 is 4.74 Å². The largest absolute Gasteiger partial charge is 0.489 e. The average molecular weight is 473 g/mol. The zero-order valence-corrected chi connectivity index (χ0v) is 18.1. The first-order valence-electron chi connectivity index (χ1n) is 9.06. The summed E-state index contributed by atoms with van der Waals surface area (Å²) in [6, 6.07) is 12.4. The van der Waals surface area contributed by atoms with E-state index in [4.69, 9.17) is 33.7 Å². The maximum Gasteiger partial charge on any atom is 0.121 e. The van der Waals surface area contributed by atoms with E-state index in [2.05, 4.69) is 26.6 Å².